The molecule has 31 heavy (non-hydrogen) atoms. The van der Waals surface area contributed by atoms with Gasteiger partial charge in [0.2, 0.25) is 0 Å². The van der Waals surface area contributed by atoms with Crippen LogP contribution in [-0.2, 0) is 20.2 Å². The average molecular weight is 465 g/mol. The summed E-state index contributed by atoms with van der Waals surface area (Å²) in [5, 5.41) is 9.70. The van der Waals surface area contributed by atoms with Crippen molar-refractivity contribution >= 4 is 59.8 Å². The van der Waals surface area contributed by atoms with Crippen molar-refractivity contribution in [3.05, 3.63) is 48.5 Å². The van der Waals surface area contributed by atoms with E-state index in [1.807, 2.05) is 0 Å². The molecule has 0 unspecified atom stereocenters. The second-order valence-electron chi connectivity index (χ2n) is 6.18. The number of anilines is 2. The molecule has 0 fully saturated rings. The standard InChI is InChI=1S/C17H15N5O7S2/c18-9-4-5-11(13(8-9)20-17(19)23)21-22-12-6-7-14(30(24,25)26)10-2-1-3-15(16(10)12)31(27,28)29/h1-8H,18H2,(H3,19,20,23)(H,24,25,26)(H,27,28,29). The summed E-state index contributed by atoms with van der Waals surface area (Å²) < 4.78 is 66.1. The minimum Gasteiger partial charge on any atom is -0.399 e. The maximum absolute atomic E-state index is 11.8. The van der Waals surface area contributed by atoms with E-state index in [9.17, 15) is 30.7 Å². The number of rotatable bonds is 5. The molecule has 3 rings (SSSR count). The summed E-state index contributed by atoms with van der Waals surface area (Å²) in [6, 6.07) is 8.90. The van der Waals surface area contributed by atoms with Gasteiger partial charge in [0.1, 0.15) is 15.5 Å². The highest BCUT2D eigenvalue weighted by Crippen LogP contribution is 2.37. The lowest BCUT2D eigenvalue weighted by Crippen LogP contribution is -2.19. The SMILES string of the molecule is NC(=O)Nc1cc(N)ccc1N=Nc1ccc(S(=O)(=O)O)c2cccc(S(=O)(=O)O)c12. The number of amides is 2. The number of hydrogen-bond donors (Lipinski definition) is 5. The third kappa shape index (κ3) is 4.77. The first-order valence-electron chi connectivity index (χ1n) is 8.26. The second kappa shape index (κ2) is 7.92. The Morgan fingerprint density at radius 3 is 2.10 bits per heavy atom. The smallest absolute Gasteiger partial charge is 0.316 e. The average Bonchev–Trinajstić information content (AvgIpc) is 2.64. The van der Waals surface area contributed by atoms with Gasteiger partial charge >= 0.3 is 6.03 Å². The Hall–Kier alpha value is -3.59. The van der Waals surface area contributed by atoms with Gasteiger partial charge in [0.05, 0.1) is 11.4 Å². The van der Waals surface area contributed by atoms with E-state index < -0.39 is 36.1 Å². The van der Waals surface area contributed by atoms with Crippen LogP contribution in [0.25, 0.3) is 10.8 Å². The fourth-order valence-electron chi connectivity index (χ4n) is 2.83. The molecule has 0 aliphatic heterocycles. The van der Waals surface area contributed by atoms with Crippen LogP contribution in [0.5, 0.6) is 0 Å². The van der Waals surface area contributed by atoms with Crippen molar-refractivity contribution in [1.82, 2.24) is 0 Å². The fraction of sp³-hybridized carbons (Fsp3) is 0. The maximum Gasteiger partial charge on any atom is 0.316 e. The molecule has 0 saturated heterocycles. The Bertz CT molecular complexity index is 1450. The Kier molecular flexibility index (Phi) is 5.64. The zero-order valence-corrected chi connectivity index (χ0v) is 17.1. The van der Waals surface area contributed by atoms with Gasteiger partial charge in [-0.1, -0.05) is 12.1 Å². The van der Waals surface area contributed by atoms with Gasteiger partial charge in [-0.25, -0.2) is 4.79 Å². The lowest BCUT2D eigenvalue weighted by molar-refractivity contribution is 0.259. The number of primary amides is 1. The van der Waals surface area contributed by atoms with Gasteiger partial charge in [0.25, 0.3) is 20.2 Å². The van der Waals surface area contributed by atoms with Crippen LogP contribution < -0.4 is 16.8 Å². The Balaban J connectivity index is 2.29. The molecule has 0 radical (unpaired) electrons. The van der Waals surface area contributed by atoms with E-state index in [0.29, 0.717) is 5.69 Å². The monoisotopic (exact) mass is 465 g/mol. The van der Waals surface area contributed by atoms with Crippen LogP contribution in [0.4, 0.5) is 27.5 Å². The van der Waals surface area contributed by atoms with Crippen molar-refractivity contribution in [2.75, 3.05) is 11.1 Å². The predicted molar refractivity (Wildman–Crippen MR) is 112 cm³/mol. The molecule has 2 amide bonds. The topological polar surface area (TPSA) is 215 Å². The normalized spacial score (nSPS) is 12.3. The van der Waals surface area contributed by atoms with Crippen molar-refractivity contribution in [2.24, 2.45) is 16.0 Å². The third-order valence-corrected chi connectivity index (χ3v) is 5.85. The minimum absolute atomic E-state index is 0.101. The molecule has 3 aromatic carbocycles. The number of nitrogens with zero attached hydrogens (tertiary/aromatic N) is 2. The van der Waals surface area contributed by atoms with E-state index >= 15 is 0 Å². The van der Waals surface area contributed by atoms with Crippen LogP contribution in [0, 0.1) is 0 Å². The van der Waals surface area contributed by atoms with Crippen LogP contribution in [0.15, 0.2) is 68.6 Å². The van der Waals surface area contributed by atoms with Gasteiger partial charge in [0.15, 0.2) is 0 Å². The molecule has 0 aromatic heterocycles. The van der Waals surface area contributed by atoms with Gasteiger partial charge in [-0.05, 0) is 36.4 Å². The van der Waals surface area contributed by atoms with E-state index in [4.69, 9.17) is 11.5 Å². The highest BCUT2D eigenvalue weighted by molar-refractivity contribution is 7.86. The molecule has 0 aliphatic carbocycles. The molecule has 0 saturated carbocycles. The fourth-order valence-corrected chi connectivity index (χ4v) is 4.24. The molecule has 0 heterocycles. The predicted octanol–water partition coefficient (Wildman–Crippen LogP) is 2.82. The largest absolute Gasteiger partial charge is 0.399 e. The quantitative estimate of drug-likeness (QED) is 0.214. The lowest BCUT2D eigenvalue weighted by Gasteiger charge is -2.10. The summed E-state index contributed by atoms with van der Waals surface area (Å²) in [7, 11) is -9.52. The molecule has 0 spiro atoms. The highest BCUT2D eigenvalue weighted by Gasteiger charge is 2.22. The van der Waals surface area contributed by atoms with E-state index in [2.05, 4.69) is 15.5 Å². The van der Waals surface area contributed by atoms with Crippen molar-refractivity contribution in [1.29, 1.82) is 0 Å². The van der Waals surface area contributed by atoms with Crippen molar-refractivity contribution in [3.8, 4) is 0 Å². The van der Waals surface area contributed by atoms with Crippen molar-refractivity contribution in [3.63, 3.8) is 0 Å². The Labute approximate surface area is 176 Å². The number of carbonyl (C=O) groups is 1. The van der Waals surface area contributed by atoms with Crippen LogP contribution in [0.3, 0.4) is 0 Å². The zero-order valence-electron chi connectivity index (χ0n) is 15.4. The van der Waals surface area contributed by atoms with E-state index in [-0.39, 0.29) is 27.8 Å². The molecule has 0 atom stereocenters. The van der Waals surface area contributed by atoms with E-state index in [1.54, 1.807) is 0 Å². The van der Waals surface area contributed by atoms with Gasteiger partial charge in [0, 0.05) is 16.5 Å². The Morgan fingerprint density at radius 1 is 0.871 bits per heavy atom. The second-order valence-corrected chi connectivity index (χ2v) is 8.96. The highest BCUT2D eigenvalue weighted by atomic mass is 32.2. The number of urea groups is 1. The molecule has 7 N–H and O–H groups in total. The van der Waals surface area contributed by atoms with Gasteiger partial charge < -0.3 is 16.8 Å². The minimum atomic E-state index is -4.79. The molecular formula is C17H15N5O7S2. The van der Waals surface area contributed by atoms with Gasteiger partial charge in [-0.3, -0.25) is 9.11 Å². The number of nitrogen functional groups attached to an aromatic ring is 1. The summed E-state index contributed by atoms with van der Waals surface area (Å²) >= 11 is 0. The van der Waals surface area contributed by atoms with E-state index in [1.165, 1.54) is 30.3 Å². The summed E-state index contributed by atoms with van der Waals surface area (Å²) in [4.78, 5) is 9.96. The van der Waals surface area contributed by atoms with Crippen LogP contribution in [-0.4, -0.2) is 32.0 Å². The number of hydrogen-bond acceptors (Lipinski definition) is 8. The zero-order chi connectivity index (χ0) is 23.0. The lowest BCUT2D eigenvalue weighted by atomic mass is 10.1. The van der Waals surface area contributed by atoms with Crippen molar-refractivity contribution < 1.29 is 30.7 Å². The van der Waals surface area contributed by atoms with Crippen LogP contribution in [0.2, 0.25) is 0 Å². The van der Waals surface area contributed by atoms with E-state index in [0.717, 1.165) is 18.2 Å². The maximum atomic E-state index is 11.8. The third-order valence-electron chi connectivity index (χ3n) is 4.04. The van der Waals surface area contributed by atoms with Crippen LogP contribution >= 0.6 is 0 Å². The first kappa shape index (κ1) is 22.1. The van der Waals surface area contributed by atoms with Gasteiger partial charge in [-0.15, -0.1) is 10.2 Å². The molecule has 162 valence electrons. The first-order valence-corrected chi connectivity index (χ1v) is 11.1. The Morgan fingerprint density at radius 2 is 1.48 bits per heavy atom. The first-order chi connectivity index (χ1) is 14.4. The number of nitrogens with one attached hydrogen (secondary N) is 1. The summed E-state index contributed by atoms with van der Waals surface area (Å²) in [5.41, 5.74) is 11.1. The summed E-state index contributed by atoms with van der Waals surface area (Å²) in [6.45, 7) is 0. The number of nitrogens with two attached hydrogens (primary N) is 2. The molecule has 0 aliphatic rings. The number of carbonyl (C=O) groups excluding carboxylic acids is 1. The molecule has 0 bridgehead atoms. The van der Waals surface area contributed by atoms with Crippen LogP contribution in [0.1, 0.15) is 0 Å². The number of benzene rings is 3. The van der Waals surface area contributed by atoms with Gasteiger partial charge in [-0.2, -0.15) is 16.8 Å². The summed E-state index contributed by atoms with van der Waals surface area (Å²) in [5.74, 6) is 0. The molecule has 14 heteroatoms. The number of azo groups is 1. The molecule has 12 nitrogen and oxygen atoms in total. The molecular weight excluding hydrogens is 450 g/mol. The summed E-state index contributed by atoms with van der Waals surface area (Å²) in [6.07, 6.45) is 0. The number of fused-ring (bicyclic) bond motifs is 1. The molecule has 3 aromatic rings. The van der Waals surface area contributed by atoms with Crippen molar-refractivity contribution in [2.45, 2.75) is 9.79 Å².